The zero-order chi connectivity index (χ0) is 20.3. The van der Waals surface area contributed by atoms with E-state index in [1.54, 1.807) is 61.3 Å². The van der Waals surface area contributed by atoms with Crippen molar-refractivity contribution in [3.8, 4) is 17.1 Å². The molecule has 0 aliphatic carbocycles. The summed E-state index contributed by atoms with van der Waals surface area (Å²) in [6.07, 6.45) is 4.71. The van der Waals surface area contributed by atoms with E-state index in [0.717, 1.165) is 0 Å². The fourth-order valence-electron chi connectivity index (χ4n) is 2.51. The highest BCUT2D eigenvalue weighted by atomic mass is 19.1. The van der Waals surface area contributed by atoms with Crippen LogP contribution in [0.5, 0.6) is 0 Å². The Morgan fingerprint density at radius 2 is 2.00 bits per heavy atom. The molecule has 0 aliphatic heterocycles. The molecule has 0 aromatic carbocycles. The van der Waals surface area contributed by atoms with Crippen LogP contribution in [0.3, 0.4) is 0 Å². The maximum Gasteiger partial charge on any atom is 0.272 e. The fraction of sp³-hybridized carbons (Fsp3) is 0.250. The third kappa shape index (κ3) is 4.11. The summed E-state index contributed by atoms with van der Waals surface area (Å²) in [5.41, 5.74) is 1.32. The lowest BCUT2D eigenvalue weighted by atomic mass is 10.1. The number of pyridine rings is 2. The van der Waals surface area contributed by atoms with E-state index in [4.69, 9.17) is 0 Å². The van der Waals surface area contributed by atoms with Crippen LogP contribution in [0, 0.1) is 0 Å². The standard InChI is InChI=1S/C20H20FN5O2/c1-13(27)14-6-7-16(23-10-14)18-9-17(19(28)24-20(2,3)12-21)25-26(18)15-5-4-8-22-11-15/h4-11H,12H2,1-3H3,(H,24,28). The zero-order valence-electron chi connectivity index (χ0n) is 15.8. The zero-order valence-corrected chi connectivity index (χ0v) is 15.8. The van der Waals surface area contributed by atoms with Gasteiger partial charge in [-0.25, -0.2) is 9.07 Å². The number of nitrogens with zero attached hydrogens (tertiary/aromatic N) is 4. The maximum atomic E-state index is 13.1. The molecule has 3 aromatic heterocycles. The predicted octanol–water partition coefficient (Wildman–Crippen LogP) is 3.01. The molecule has 0 atom stereocenters. The largest absolute Gasteiger partial charge is 0.343 e. The molecule has 0 spiro atoms. The molecule has 3 rings (SSSR count). The first-order valence-corrected chi connectivity index (χ1v) is 8.67. The molecule has 7 nitrogen and oxygen atoms in total. The van der Waals surface area contributed by atoms with Crippen LogP contribution in [0.1, 0.15) is 41.6 Å². The van der Waals surface area contributed by atoms with Gasteiger partial charge >= 0.3 is 0 Å². The van der Waals surface area contributed by atoms with Gasteiger partial charge in [-0.1, -0.05) is 0 Å². The summed E-state index contributed by atoms with van der Waals surface area (Å²) in [6, 6.07) is 8.47. The fourth-order valence-corrected chi connectivity index (χ4v) is 2.51. The first-order chi connectivity index (χ1) is 13.3. The van der Waals surface area contributed by atoms with Gasteiger partial charge in [0, 0.05) is 18.0 Å². The Labute approximate surface area is 161 Å². The van der Waals surface area contributed by atoms with E-state index in [2.05, 4.69) is 20.4 Å². The molecule has 0 bridgehead atoms. The van der Waals surface area contributed by atoms with E-state index in [-0.39, 0.29) is 11.5 Å². The molecule has 3 heterocycles. The molecule has 0 unspecified atom stereocenters. The number of aromatic nitrogens is 4. The Bertz CT molecular complexity index is 997. The molecule has 28 heavy (non-hydrogen) atoms. The van der Waals surface area contributed by atoms with Crippen molar-refractivity contribution in [2.24, 2.45) is 0 Å². The van der Waals surface area contributed by atoms with Gasteiger partial charge in [-0.15, -0.1) is 0 Å². The Morgan fingerprint density at radius 3 is 2.57 bits per heavy atom. The van der Waals surface area contributed by atoms with Gasteiger partial charge in [0.2, 0.25) is 0 Å². The van der Waals surface area contributed by atoms with E-state index in [1.165, 1.54) is 13.1 Å². The lowest BCUT2D eigenvalue weighted by Gasteiger charge is -2.21. The van der Waals surface area contributed by atoms with Crippen molar-refractivity contribution >= 4 is 11.7 Å². The van der Waals surface area contributed by atoms with Crippen molar-refractivity contribution in [3.63, 3.8) is 0 Å². The average Bonchev–Trinajstić information content (AvgIpc) is 3.14. The number of hydrogen-bond acceptors (Lipinski definition) is 5. The Kier molecular flexibility index (Phi) is 5.30. The van der Waals surface area contributed by atoms with Crippen molar-refractivity contribution in [1.82, 2.24) is 25.1 Å². The van der Waals surface area contributed by atoms with E-state index in [1.807, 2.05) is 0 Å². The van der Waals surface area contributed by atoms with Crippen LogP contribution in [0.4, 0.5) is 4.39 Å². The van der Waals surface area contributed by atoms with Crippen LogP contribution >= 0.6 is 0 Å². The van der Waals surface area contributed by atoms with Crippen LogP contribution in [-0.2, 0) is 0 Å². The monoisotopic (exact) mass is 381 g/mol. The molecule has 8 heteroatoms. The van der Waals surface area contributed by atoms with Gasteiger partial charge in [0.25, 0.3) is 5.91 Å². The molecular weight excluding hydrogens is 361 g/mol. The minimum absolute atomic E-state index is 0.0895. The van der Waals surface area contributed by atoms with Crippen molar-refractivity contribution < 1.29 is 14.0 Å². The van der Waals surface area contributed by atoms with Gasteiger partial charge in [-0.2, -0.15) is 5.10 Å². The van der Waals surface area contributed by atoms with Gasteiger partial charge in [0.15, 0.2) is 11.5 Å². The van der Waals surface area contributed by atoms with Crippen LogP contribution in [0.25, 0.3) is 17.1 Å². The summed E-state index contributed by atoms with van der Waals surface area (Å²) in [4.78, 5) is 32.5. The molecule has 0 radical (unpaired) electrons. The first kappa shape index (κ1) is 19.3. The first-order valence-electron chi connectivity index (χ1n) is 8.67. The quantitative estimate of drug-likeness (QED) is 0.663. The number of nitrogens with one attached hydrogen (secondary N) is 1. The minimum atomic E-state index is -1.00. The number of ketones is 1. The van der Waals surface area contributed by atoms with E-state index >= 15 is 0 Å². The predicted molar refractivity (Wildman–Crippen MR) is 102 cm³/mol. The number of Topliss-reactive ketones (excluding diaryl/α,β-unsaturated/α-hetero) is 1. The molecule has 1 amide bonds. The number of halogens is 1. The van der Waals surface area contributed by atoms with Crippen LogP contribution in [0.2, 0.25) is 0 Å². The van der Waals surface area contributed by atoms with Crippen molar-refractivity contribution in [1.29, 1.82) is 0 Å². The highest BCUT2D eigenvalue weighted by Crippen LogP contribution is 2.23. The van der Waals surface area contributed by atoms with Gasteiger partial charge in [-0.3, -0.25) is 19.6 Å². The van der Waals surface area contributed by atoms with Gasteiger partial charge in [0.1, 0.15) is 6.67 Å². The molecule has 3 aromatic rings. The second kappa shape index (κ2) is 7.67. The van der Waals surface area contributed by atoms with Crippen LogP contribution in [-0.4, -0.2) is 43.7 Å². The topological polar surface area (TPSA) is 89.8 Å². The number of carbonyl (C=O) groups excluding carboxylic acids is 2. The summed E-state index contributed by atoms with van der Waals surface area (Å²) in [5, 5.41) is 6.99. The SMILES string of the molecule is CC(=O)c1ccc(-c2cc(C(=O)NC(C)(C)CF)nn2-c2cccnc2)nc1. The molecule has 0 saturated heterocycles. The van der Waals surface area contributed by atoms with Gasteiger partial charge in [-0.05, 0) is 51.1 Å². The van der Waals surface area contributed by atoms with E-state index < -0.39 is 18.1 Å². The number of rotatable bonds is 6. The summed E-state index contributed by atoms with van der Waals surface area (Å²) in [6.45, 7) is 3.94. The molecule has 0 fully saturated rings. The molecule has 0 saturated carbocycles. The Morgan fingerprint density at radius 1 is 1.21 bits per heavy atom. The molecule has 1 N–H and O–H groups in total. The third-order valence-electron chi connectivity index (χ3n) is 4.05. The Hall–Kier alpha value is -3.42. The van der Waals surface area contributed by atoms with Gasteiger partial charge in [0.05, 0.1) is 28.8 Å². The minimum Gasteiger partial charge on any atom is -0.343 e. The summed E-state index contributed by atoms with van der Waals surface area (Å²) in [5.74, 6) is -0.583. The molecular formula is C20H20FN5O2. The second-order valence-corrected chi connectivity index (χ2v) is 7.00. The van der Waals surface area contributed by atoms with Crippen LogP contribution in [0.15, 0.2) is 48.9 Å². The highest BCUT2D eigenvalue weighted by molar-refractivity contribution is 5.95. The van der Waals surface area contributed by atoms with Crippen molar-refractivity contribution in [2.75, 3.05) is 6.67 Å². The average molecular weight is 381 g/mol. The number of alkyl halides is 1. The van der Waals surface area contributed by atoms with Gasteiger partial charge < -0.3 is 5.32 Å². The summed E-state index contributed by atoms with van der Waals surface area (Å²) >= 11 is 0. The lowest BCUT2D eigenvalue weighted by molar-refractivity contribution is 0.0893. The van der Waals surface area contributed by atoms with E-state index in [0.29, 0.717) is 22.6 Å². The number of hydrogen-bond donors (Lipinski definition) is 1. The smallest absolute Gasteiger partial charge is 0.272 e. The summed E-state index contributed by atoms with van der Waals surface area (Å²) < 4.78 is 14.6. The van der Waals surface area contributed by atoms with Crippen LogP contribution < -0.4 is 5.32 Å². The molecule has 144 valence electrons. The van der Waals surface area contributed by atoms with E-state index in [9.17, 15) is 14.0 Å². The lowest BCUT2D eigenvalue weighted by Crippen LogP contribution is -2.45. The third-order valence-corrected chi connectivity index (χ3v) is 4.05. The second-order valence-electron chi connectivity index (χ2n) is 7.00. The highest BCUT2D eigenvalue weighted by Gasteiger charge is 2.24. The normalized spacial score (nSPS) is 11.3. The van der Waals surface area contributed by atoms with Crippen molar-refractivity contribution in [3.05, 3.63) is 60.2 Å². The Balaban J connectivity index is 2.06. The maximum absolute atomic E-state index is 13.1. The molecule has 0 aliphatic rings. The van der Waals surface area contributed by atoms with Crippen molar-refractivity contribution in [2.45, 2.75) is 26.3 Å². The number of amides is 1. The summed E-state index contributed by atoms with van der Waals surface area (Å²) in [7, 11) is 0. The number of carbonyl (C=O) groups is 2.